The number of hydrogen-bond donors (Lipinski definition) is 2. The van der Waals surface area contributed by atoms with Gasteiger partial charge in [0.2, 0.25) is 5.91 Å². The number of ether oxygens (including phenoxy) is 1. The van der Waals surface area contributed by atoms with Crippen LogP contribution >= 0.6 is 0 Å². The molecule has 1 aliphatic carbocycles. The Bertz CT molecular complexity index is 960. The third kappa shape index (κ3) is 4.77. The summed E-state index contributed by atoms with van der Waals surface area (Å²) in [6.45, 7) is 1.46. The van der Waals surface area contributed by atoms with Crippen LogP contribution in [0, 0.1) is 5.92 Å². The Morgan fingerprint density at radius 2 is 1.69 bits per heavy atom. The molecule has 0 aromatic heterocycles. The van der Waals surface area contributed by atoms with Gasteiger partial charge in [0, 0.05) is 32.0 Å². The number of rotatable bonds is 7. The first-order valence-electron chi connectivity index (χ1n) is 11.1. The third-order valence-corrected chi connectivity index (χ3v) is 6.30. The van der Waals surface area contributed by atoms with Gasteiger partial charge in [0.15, 0.2) is 0 Å². The van der Waals surface area contributed by atoms with Gasteiger partial charge in [0.05, 0.1) is 5.92 Å². The van der Waals surface area contributed by atoms with Gasteiger partial charge in [-0.05, 0) is 41.5 Å². The van der Waals surface area contributed by atoms with Crippen molar-refractivity contribution in [3.63, 3.8) is 0 Å². The molecule has 0 saturated carbocycles. The highest BCUT2D eigenvalue weighted by atomic mass is 16.5. The quantitative estimate of drug-likeness (QED) is 0.646. The molecule has 1 saturated heterocycles. The van der Waals surface area contributed by atoms with Crippen molar-refractivity contribution in [1.82, 2.24) is 10.2 Å². The van der Waals surface area contributed by atoms with Crippen molar-refractivity contribution in [2.45, 2.75) is 31.6 Å². The Balaban J connectivity index is 1.21. The molecule has 0 bridgehead atoms. The van der Waals surface area contributed by atoms with Gasteiger partial charge in [-0.1, -0.05) is 48.5 Å². The number of piperidine rings is 1. The monoisotopic (exact) mass is 436 g/mol. The molecule has 2 aromatic rings. The molecule has 2 aromatic carbocycles. The molecule has 4 rings (SSSR count). The molecule has 0 spiro atoms. The molecule has 2 N–H and O–H groups in total. The minimum atomic E-state index is -0.848. The van der Waals surface area contributed by atoms with E-state index in [0.29, 0.717) is 32.4 Å². The number of nitrogens with zero attached hydrogens (tertiary/aromatic N) is 1. The Kier molecular flexibility index (Phi) is 6.73. The van der Waals surface area contributed by atoms with Crippen molar-refractivity contribution in [2.24, 2.45) is 5.92 Å². The highest BCUT2D eigenvalue weighted by Gasteiger charge is 2.29. The van der Waals surface area contributed by atoms with Crippen LogP contribution in [0.25, 0.3) is 11.1 Å². The van der Waals surface area contributed by atoms with Crippen LogP contribution in [-0.2, 0) is 14.3 Å². The average molecular weight is 437 g/mol. The first-order valence-corrected chi connectivity index (χ1v) is 11.1. The number of nitrogens with one attached hydrogen (secondary N) is 1. The zero-order valence-electron chi connectivity index (χ0n) is 18.0. The summed E-state index contributed by atoms with van der Waals surface area (Å²) in [7, 11) is 0. The van der Waals surface area contributed by atoms with Crippen LogP contribution in [0.2, 0.25) is 0 Å². The van der Waals surface area contributed by atoms with Crippen molar-refractivity contribution in [3.8, 4) is 11.1 Å². The number of hydrogen-bond acceptors (Lipinski definition) is 4. The molecule has 7 nitrogen and oxygen atoms in total. The molecule has 7 heteroatoms. The number of benzene rings is 2. The van der Waals surface area contributed by atoms with E-state index in [1.807, 2.05) is 24.3 Å². The van der Waals surface area contributed by atoms with Crippen LogP contribution in [0.15, 0.2) is 48.5 Å². The van der Waals surface area contributed by atoms with E-state index in [-0.39, 0.29) is 31.4 Å². The molecule has 1 fully saturated rings. The molecule has 2 amide bonds. The van der Waals surface area contributed by atoms with Gasteiger partial charge in [-0.2, -0.15) is 0 Å². The summed E-state index contributed by atoms with van der Waals surface area (Å²) in [4.78, 5) is 37.3. The maximum absolute atomic E-state index is 12.3. The molecule has 0 unspecified atom stereocenters. The van der Waals surface area contributed by atoms with E-state index in [1.165, 1.54) is 11.1 Å². The lowest BCUT2D eigenvalue weighted by molar-refractivity contribution is -0.145. The van der Waals surface area contributed by atoms with Crippen LogP contribution in [0.1, 0.15) is 42.7 Å². The largest absolute Gasteiger partial charge is 0.481 e. The molecule has 1 heterocycles. The van der Waals surface area contributed by atoms with Gasteiger partial charge in [0.25, 0.3) is 0 Å². The summed E-state index contributed by atoms with van der Waals surface area (Å²) >= 11 is 0. The second-order valence-electron chi connectivity index (χ2n) is 8.37. The van der Waals surface area contributed by atoms with E-state index in [1.54, 1.807) is 4.90 Å². The van der Waals surface area contributed by atoms with E-state index >= 15 is 0 Å². The maximum Gasteiger partial charge on any atom is 0.407 e. The lowest BCUT2D eigenvalue weighted by atomic mass is 9.98. The van der Waals surface area contributed by atoms with Gasteiger partial charge < -0.3 is 20.1 Å². The van der Waals surface area contributed by atoms with Gasteiger partial charge in [0.1, 0.15) is 6.61 Å². The van der Waals surface area contributed by atoms with Crippen molar-refractivity contribution < 1.29 is 24.2 Å². The maximum atomic E-state index is 12.3. The number of amides is 2. The number of carbonyl (C=O) groups is 3. The Hall–Kier alpha value is -3.35. The van der Waals surface area contributed by atoms with Crippen LogP contribution in [-0.4, -0.2) is 54.2 Å². The molecule has 2 aliphatic rings. The number of alkyl carbamates (subject to hydrolysis) is 1. The zero-order chi connectivity index (χ0) is 22.5. The lowest BCUT2D eigenvalue weighted by Gasteiger charge is -2.30. The fourth-order valence-electron chi connectivity index (χ4n) is 4.64. The summed E-state index contributed by atoms with van der Waals surface area (Å²) in [6.07, 6.45) is 1.58. The molecular weight excluding hydrogens is 408 g/mol. The molecule has 168 valence electrons. The predicted octanol–water partition coefficient (Wildman–Crippen LogP) is 3.63. The number of carboxylic acids is 1. The van der Waals surface area contributed by atoms with Crippen LogP contribution in [0.4, 0.5) is 4.79 Å². The lowest BCUT2D eigenvalue weighted by Crippen LogP contribution is -2.42. The van der Waals surface area contributed by atoms with E-state index in [9.17, 15) is 14.4 Å². The van der Waals surface area contributed by atoms with Crippen molar-refractivity contribution in [3.05, 3.63) is 59.7 Å². The SMILES string of the molecule is O=C(NCCCC(=O)N1CCC[C@H](C(=O)O)C1)OCC1c2ccccc2-c2ccccc21. The van der Waals surface area contributed by atoms with Gasteiger partial charge >= 0.3 is 12.1 Å². The predicted molar refractivity (Wildman–Crippen MR) is 119 cm³/mol. The molecule has 1 aliphatic heterocycles. The van der Waals surface area contributed by atoms with Crippen molar-refractivity contribution >= 4 is 18.0 Å². The van der Waals surface area contributed by atoms with E-state index in [0.717, 1.165) is 11.1 Å². The molecule has 32 heavy (non-hydrogen) atoms. The Labute approximate surface area is 187 Å². The summed E-state index contributed by atoms with van der Waals surface area (Å²) in [6, 6.07) is 16.3. The average Bonchev–Trinajstić information content (AvgIpc) is 3.14. The fraction of sp³-hybridized carbons (Fsp3) is 0.400. The standard InChI is InChI=1S/C25H28N2O5/c28-23(27-14-6-7-17(15-27)24(29)30)12-5-13-26-25(31)32-16-22-20-10-3-1-8-18(20)19-9-2-4-11-21(19)22/h1-4,8-11,17,22H,5-7,12-16H2,(H,26,31)(H,29,30)/t17-/m0/s1. The second-order valence-corrected chi connectivity index (χ2v) is 8.37. The second kappa shape index (κ2) is 9.85. The van der Waals surface area contributed by atoms with E-state index < -0.39 is 18.0 Å². The molecule has 1 atom stereocenters. The first kappa shape index (κ1) is 21.9. The number of aliphatic carboxylic acids is 1. The number of likely N-dealkylation sites (tertiary alicyclic amines) is 1. The van der Waals surface area contributed by atoms with Gasteiger partial charge in [-0.25, -0.2) is 4.79 Å². The third-order valence-electron chi connectivity index (χ3n) is 6.30. The minimum absolute atomic E-state index is 0.0102. The minimum Gasteiger partial charge on any atom is -0.481 e. The van der Waals surface area contributed by atoms with Crippen LogP contribution in [0.5, 0.6) is 0 Å². The number of carboxylic acid groups (broad SMARTS) is 1. The van der Waals surface area contributed by atoms with Gasteiger partial charge in [-0.15, -0.1) is 0 Å². The summed E-state index contributed by atoms with van der Waals surface area (Å²) in [5.74, 6) is -1.38. The topological polar surface area (TPSA) is 95.9 Å². The zero-order valence-corrected chi connectivity index (χ0v) is 18.0. The highest BCUT2D eigenvalue weighted by molar-refractivity contribution is 5.79. The first-order chi connectivity index (χ1) is 15.5. The fourth-order valence-corrected chi connectivity index (χ4v) is 4.64. The summed E-state index contributed by atoms with van der Waals surface area (Å²) in [5, 5.41) is 11.9. The smallest absolute Gasteiger partial charge is 0.407 e. The summed E-state index contributed by atoms with van der Waals surface area (Å²) in [5.41, 5.74) is 4.68. The van der Waals surface area contributed by atoms with E-state index in [4.69, 9.17) is 9.84 Å². The summed E-state index contributed by atoms with van der Waals surface area (Å²) < 4.78 is 5.49. The van der Waals surface area contributed by atoms with Crippen LogP contribution < -0.4 is 5.32 Å². The Morgan fingerprint density at radius 3 is 2.34 bits per heavy atom. The Morgan fingerprint density at radius 1 is 1.03 bits per heavy atom. The number of carbonyl (C=O) groups excluding carboxylic acids is 2. The van der Waals surface area contributed by atoms with Crippen molar-refractivity contribution in [1.29, 1.82) is 0 Å². The molecule has 0 radical (unpaired) electrons. The normalized spacial score (nSPS) is 17.4. The molecular formula is C25H28N2O5. The van der Waals surface area contributed by atoms with Gasteiger partial charge in [-0.3, -0.25) is 9.59 Å². The van der Waals surface area contributed by atoms with Crippen molar-refractivity contribution in [2.75, 3.05) is 26.2 Å². The van der Waals surface area contributed by atoms with Crippen LogP contribution in [0.3, 0.4) is 0 Å². The van der Waals surface area contributed by atoms with E-state index in [2.05, 4.69) is 29.6 Å². The number of fused-ring (bicyclic) bond motifs is 3. The highest BCUT2D eigenvalue weighted by Crippen LogP contribution is 2.44.